The molecule has 4 heteroatoms. The van der Waals surface area contributed by atoms with Crippen LogP contribution < -0.4 is 9.47 Å². The molecule has 0 spiro atoms. The molecule has 2 aliphatic rings. The maximum Gasteiger partial charge on any atom is 0.221 e. The first-order chi connectivity index (χ1) is 13.8. The van der Waals surface area contributed by atoms with Crippen molar-refractivity contribution in [2.24, 2.45) is 0 Å². The van der Waals surface area contributed by atoms with Crippen molar-refractivity contribution in [1.29, 1.82) is 0 Å². The number of rotatable bonds is 0. The summed E-state index contributed by atoms with van der Waals surface area (Å²) in [7, 11) is 0. The zero-order chi connectivity index (χ0) is 18.5. The normalized spacial score (nSPS) is 13.3. The Kier molecular flexibility index (Phi) is 3.26. The maximum absolute atomic E-state index is 6.38. The predicted molar refractivity (Wildman–Crippen MR) is 107 cm³/mol. The zero-order valence-electron chi connectivity index (χ0n) is 15.1. The highest BCUT2D eigenvalue weighted by Gasteiger charge is 2.22. The molecule has 2 aromatic carbocycles. The molecular formula is C24H16N2O2. The number of benzene rings is 2. The third-order valence-electron chi connectivity index (χ3n) is 5.32. The first-order valence-corrected chi connectivity index (χ1v) is 9.39. The molecule has 0 saturated carbocycles. The minimum atomic E-state index is 0.532. The van der Waals surface area contributed by atoms with Gasteiger partial charge in [-0.05, 0) is 37.1 Å². The number of aromatic nitrogens is 2. The van der Waals surface area contributed by atoms with Crippen LogP contribution in [0.3, 0.4) is 0 Å². The minimum Gasteiger partial charge on any atom is -0.457 e. The largest absolute Gasteiger partial charge is 0.457 e. The maximum atomic E-state index is 6.38. The van der Waals surface area contributed by atoms with E-state index in [-0.39, 0.29) is 0 Å². The summed E-state index contributed by atoms with van der Waals surface area (Å²) in [6, 6.07) is 24.0. The van der Waals surface area contributed by atoms with Gasteiger partial charge in [0, 0.05) is 34.4 Å². The SMILES string of the molecule is c1cc2nc(c1)-c1cccc3c1CCc1c(cccc1-c1cccc(n1)O2)O3. The van der Waals surface area contributed by atoms with Gasteiger partial charge in [-0.3, -0.25) is 0 Å². The number of fused-ring (bicyclic) bond motifs is 7. The molecule has 0 radical (unpaired) electrons. The van der Waals surface area contributed by atoms with E-state index in [9.17, 15) is 0 Å². The summed E-state index contributed by atoms with van der Waals surface area (Å²) in [6.07, 6.45) is 1.75. The van der Waals surface area contributed by atoms with Crippen LogP contribution in [0.1, 0.15) is 11.1 Å². The number of pyridine rings is 2. The fraction of sp³-hybridized carbons (Fsp3) is 0.0833. The second kappa shape index (κ2) is 5.92. The van der Waals surface area contributed by atoms with E-state index in [1.54, 1.807) is 0 Å². The van der Waals surface area contributed by atoms with Crippen molar-refractivity contribution in [3.05, 3.63) is 83.9 Å². The molecule has 0 aliphatic carbocycles. The zero-order valence-corrected chi connectivity index (χ0v) is 15.1. The van der Waals surface area contributed by atoms with Crippen LogP contribution in [0.5, 0.6) is 23.3 Å². The van der Waals surface area contributed by atoms with E-state index in [2.05, 4.69) is 12.1 Å². The van der Waals surface area contributed by atoms with Gasteiger partial charge < -0.3 is 9.47 Å². The Bertz CT molecular complexity index is 1140. The lowest BCUT2D eigenvalue weighted by Crippen LogP contribution is -1.97. The molecule has 6 bridgehead atoms. The van der Waals surface area contributed by atoms with Crippen LogP contribution in [0, 0.1) is 0 Å². The second-order valence-corrected chi connectivity index (χ2v) is 6.99. The Morgan fingerprint density at radius 1 is 0.536 bits per heavy atom. The molecule has 4 nitrogen and oxygen atoms in total. The van der Waals surface area contributed by atoms with Gasteiger partial charge in [0.2, 0.25) is 11.8 Å². The summed E-state index contributed by atoms with van der Waals surface area (Å²) in [5.74, 6) is 2.84. The molecule has 0 unspecified atom stereocenters. The van der Waals surface area contributed by atoms with Crippen molar-refractivity contribution in [3.63, 3.8) is 0 Å². The van der Waals surface area contributed by atoms with Crippen molar-refractivity contribution >= 4 is 0 Å². The lowest BCUT2D eigenvalue weighted by molar-refractivity contribution is 0.445. The molecule has 4 aromatic rings. The molecule has 0 atom stereocenters. The predicted octanol–water partition coefficient (Wildman–Crippen LogP) is 5.81. The average Bonchev–Trinajstić information content (AvgIpc) is 2.92. The first kappa shape index (κ1) is 15.4. The molecule has 2 aliphatic heterocycles. The van der Waals surface area contributed by atoms with Gasteiger partial charge in [-0.2, -0.15) is 0 Å². The summed E-state index contributed by atoms with van der Waals surface area (Å²) < 4.78 is 12.4. The fourth-order valence-electron chi connectivity index (χ4n) is 4.04. The van der Waals surface area contributed by atoms with Gasteiger partial charge in [-0.1, -0.05) is 36.4 Å². The third kappa shape index (κ3) is 2.38. The van der Waals surface area contributed by atoms with E-state index in [4.69, 9.17) is 19.4 Å². The monoisotopic (exact) mass is 364 g/mol. The van der Waals surface area contributed by atoms with Crippen LogP contribution in [-0.2, 0) is 12.8 Å². The third-order valence-corrected chi connectivity index (χ3v) is 5.32. The van der Waals surface area contributed by atoms with Gasteiger partial charge >= 0.3 is 0 Å². The van der Waals surface area contributed by atoms with Crippen molar-refractivity contribution in [1.82, 2.24) is 9.97 Å². The van der Waals surface area contributed by atoms with Gasteiger partial charge in [-0.25, -0.2) is 9.97 Å². The van der Waals surface area contributed by atoms with E-state index in [0.29, 0.717) is 11.8 Å². The van der Waals surface area contributed by atoms with Crippen LogP contribution in [0.15, 0.2) is 72.8 Å². The van der Waals surface area contributed by atoms with Crippen LogP contribution >= 0.6 is 0 Å². The van der Waals surface area contributed by atoms with Crippen LogP contribution in [0.25, 0.3) is 22.5 Å². The van der Waals surface area contributed by atoms with E-state index in [1.165, 1.54) is 11.1 Å². The topological polar surface area (TPSA) is 44.2 Å². The Morgan fingerprint density at radius 2 is 1.04 bits per heavy atom. The van der Waals surface area contributed by atoms with Crippen LogP contribution in [0.4, 0.5) is 0 Å². The average molecular weight is 364 g/mol. The summed E-state index contributed by atoms with van der Waals surface area (Å²) in [6.45, 7) is 0. The highest BCUT2D eigenvalue weighted by Crippen LogP contribution is 2.42. The van der Waals surface area contributed by atoms with Gasteiger partial charge in [-0.15, -0.1) is 0 Å². The standard InChI is InChI=1S/C24H16N2O2/c1-5-15-17-13-14-18-16(6-2-10-22(18)27-21(17)9-1)20-8-4-12-24(26-20)28-23-11-3-7-19(15)25-23/h1-12H,13-14H2. The molecule has 4 heterocycles. The number of nitrogens with zero attached hydrogens (tertiary/aromatic N) is 2. The Balaban J connectivity index is 1.69. The molecule has 0 fully saturated rings. The van der Waals surface area contributed by atoms with Gasteiger partial charge in [0.15, 0.2) is 0 Å². The highest BCUT2D eigenvalue weighted by atomic mass is 16.5. The molecular weight excluding hydrogens is 348 g/mol. The molecule has 6 rings (SSSR count). The molecule has 134 valence electrons. The number of hydrogen-bond acceptors (Lipinski definition) is 4. The van der Waals surface area contributed by atoms with Crippen molar-refractivity contribution in [2.75, 3.05) is 0 Å². The lowest BCUT2D eigenvalue weighted by Gasteiger charge is -2.15. The minimum absolute atomic E-state index is 0.532. The van der Waals surface area contributed by atoms with E-state index in [0.717, 1.165) is 46.9 Å². The Morgan fingerprint density at radius 3 is 1.57 bits per heavy atom. The quantitative estimate of drug-likeness (QED) is 0.348. The molecule has 0 N–H and O–H groups in total. The number of hydrogen-bond donors (Lipinski definition) is 0. The summed E-state index contributed by atoms with van der Waals surface area (Å²) in [5, 5.41) is 0. The summed E-state index contributed by atoms with van der Waals surface area (Å²) in [4.78, 5) is 9.46. The van der Waals surface area contributed by atoms with Gasteiger partial charge in [0.1, 0.15) is 11.5 Å². The lowest BCUT2D eigenvalue weighted by atomic mass is 9.94. The second-order valence-electron chi connectivity index (χ2n) is 6.99. The van der Waals surface area contributed by atoms with Crippen LogP contribution in [-0.4, -0.2) is 9.97 Å². The molecule has 0 amide bonds. The van der Waals surface area contributed by atoms with Crippen LogP contribution in [0.2, 0.25) is 0 Å². The summed E-state index contributed by atoms with van der Waals surface area (Å²) >= 11 is 0. The van der Waals surface area contributed by atoms with Crippen molar-refractivity contribution in [3.8, 4) is 45.8 Å². The van der Waals surface area contributed by atoms with Crippen molar-refractivity contribution in [2.45, 2.75) is 12.8 Å². The van der Waals surface area contributed by atoms with E-state index >= 15 is 0 Å². The Labute approximate surface area is 162 Å². The van der Waals surface area contributed by atoms with Crippen molar-refractivity contribution < 1.29 is 9.47 Å². The molecule has 0 saturated heterocycles. The number of ether oxygens (including phenoxy) is 2. The smallest absolute Gasteiger partial charge is 0.221 e. The molecule has 2 aromatic heterocycles. The highest BCUT2D eigenvalue weighted by molar-refractivity contribution is 5.72. The Hall–Kier alpha value is -3.66. The fourth-order valence-corrected chi connectivity index (χ4v) is 4.04. The van der Waals surface area contributed by atoms with Gasteiger partial charge in [0.05, 0.1) is 11.4 Å². The molecule has 28 heavy (non-hydrogen) atoms. The first-order valence-electron chi connectivity index (χ1n) is 9.39. The summed E-state index contributed by atoms with van der Waals surface area (Å²) in [5.41, 5.74) is 6.26. The van der Waals surface area contributed by atoms with Gasteiger partial charge in [0.25, 0.3) is 0 Å². The van der Waals surface area contributed by atoms with E-state index in [1.807, 2.05) is 60.7 Å². The van der Waals surface area contributed by atoms with E-state index < -0.39 is 0 Å².